The van der Waals surface area contributed by atoms with Gasteiger partial charge in [0, 0.05) is 0 Å². The monoisotopic (exact) mass is 272 g/mol. The molecule has 0 bridgehead atoms. The molecule has 0 aromatic heterocycles. The molecule has 1 atom stereocenters. The summed E-state index contributed by atoms with van der Waals surface area (Å²) in [5.74, 6) is -2.40. The summed E-state index contributed by atoms with van der Waals surface area (Å²) < 4.78 is 4.75. The molecule has 110 valence electrons. The highest BCUT2D eigenvalue weighted by Crippen LogP contribution is 2.10. The quantitative estimate of drug-likeness (QED) is 0.342. The van der Waals surface area contributed by atoms with E-state index in [-0.39, 0.29) is 19.6 Å². The number of rotatable bonds is 11. The lowest BCUT2D eigenvalue weighted by molar-refractivity contribution is -0.151. The van der Waals surface area contributed by atoms with Crippen molar-refractivity contribution in [1.82, 2.24) is 0 Å². The topological polar surface area (TPSA) is 83.8 Å². The summed E-state index contributed by atoms with van der Waals surface area (Å²) in [6, 6.07) is 0. The Bertz CT molecular complexity index is 286. The fraction of sp³-hybridized carbons (Fsp3) is 0.714. The van der Waals surface area contributed by atoms with Crippen molar-refractivity contribution >= 4 is 11.9 Å². The second-order valence-electron chi connectivity index (χ2n) is 4.37. The van der Waals surface area contributed by atoms with Gasteiger partial charge in [0.05, 0.1) is 18.9 Å². The lowest BCUT2D eigenvalue weighted by Gasteiger charge is -2.09. The smallest absolute Gasteiger partial charge is 0.313 e. The number of aliphatic hydroxyl groups excluding tert-OH is 1. The number of hydrogen-bond donors (Lipinski definition) is 2. The van der Waals surface area contributed by atoms with Crippen LogP contribution in [-0.4, -0.2) is 35.4 Å². The van der Waals surface area contributed by atoms with Crippen LogP contribution in [-0.2, 0) is 14.3 Å². The van der Waals surface area contributed by atoms with Crippen LogP contribution in [0.5, 0.6) is 0 Å². The van der Waals surface area contributed by atoms with Gasteiger partial charge in [-0.2, -0.15) is 0 Å². The van der Waals surface area contributed by atoms with Gasteiger partial charge in [0.2, 0.25) is 0 Å². The number of unbranched alkanes of at least 4 members (excludes halogenated alkanes) is 4. The molecule has 0 amide bonds. The molecule has 2 N–H and O–H groups in total. The zero-order valence-electron chi connectivity index (χ0n) is 11.5. The van der Waals surface area contributed by atoms with Crippen molar-refractivity contribution in [2.75, 3.05) is 13.2 Å². The molecule has 0 radical (unpaired) electrons. The Balaban J connectivity index is 4.14. The number of esters is 1. The van der Waals surface area contributed by atoms with Gasteiger partial charge in [-0.25, -0.2) is 0 Å². The second-order valence-corrected chi connectivity index (χ2v) is 4.37. The molecule has 0 spiro atoms. The van der Waals surface area contributed by atoms with Crippen molar-refractivity contribution in [2.24, 2.45) is 5.92 Å². The summed E-state index contributed by atoms with van der Waals surface area (Å²) in [6.45, 7) is 1.78. The van der Waals surface area contributed by atoms with Crippen molar-refractivity contribution in [2.45, 2.75) is 45.4 Å². The number of allylic oxidation sites excluding steroid dienone is 1. The Morgan fingerprint density at radius 2 is 2.00 bits per heavy atom. The molecule has 0 aromatic carbocycles. The Kier molecular flexibility index (Phi) is 10.9. The van der Waals surface area contributed by atoms with Gasteiger partial charge in [0.1, 0.15) is 6.61 Å². The standard InChI is InChI=1S/C14H24O5/c1-2-3-4-5-6-7-8-12(11-13(16)17)14(18)19-10-9-15/h7-8,12,15H,2-6,9-11H2,1H3,(H,16,17)/b8-7+. The first kappa shape index (κ1) is 17.6. The second kappa shape index (κ2) is 11.7. The number of ether oxygens (including phenoxy) is 1. The molecular formula is C14H24O5. The predicted molar refractivity (Wildman–Crippen MR) is 71.7 cm³/mol. The molecule has 0 fully saturated rings. The van der Waals surface area contributed by atoms with E-state index in [0.29, 0.717) is 0 Å². The molecule has 0 saturated carbocycles. The van der Waals surface area contributed by atoms with Crippen LogP contribution >= 0.6 is 0 Å². The largest absolute Gasteiger partial charge is 0.481 e. The van der Waals surface area contributed by atoms with Crippen LogP contribution in [0.25, 0.3) is 0 Å². The Morgan fingerprint density at radius 3 is 2.58 bits per heavy atom. The lowest BCUT2D eigenvalue weighted by Crippen LogP contribution is -2.20. The van der Waals surface area contributed by atoms with Crippen molar-refractivity contribution in [3.8, 4) is 0 Å². The molecule has 0 aliphatic heterocycles. The Morgan fingerprint density at radius 1 is 1.26 bits per heavy atom. The fourth-order valence-corrected chi connectivity index (χ4v) is 1.62. The SMILES string of the molecule is CCCCCC/C=C/C(CC(=O)O)C(=O)OCCO. The Hall–Kier alpha value is -1.36. The third kappa shape index (κ3) is 10.3. The van der Waals surface area contributed by atoms with Crippen LogP contribution in [0.1, 0.15) is 45.4 Å². The molecule has 0 rings (SSSR count). The minimum absolute atomic E-state index is 0.0979. The van der Waals surface area contributed by atoms with E-state index in [0.717, 1.165) is 19.3 Å². The van der Waals surface area contributed by atoms with Gasteiger partial charge in [-0.3, -0.25) is 9.59 Å². The van der Waals surface area contributed by atoms with E-state index >= 15 is 0 Å². The highest BCUT2D eigenvalue weighted by molar-refractivity contribution is 5.80. The molecule has 5 nitrogen and oxygen atoms in total. The minimum Gasteiger partial charge on any atom is -0.481 e. The maximum absolute atomic E-state index is 11.6. The molecule has 0 saturated heterocycles. The summed E-state index contributed by atoms with van der Waals surface area (Å²) >= 11 is 0. The van der Waals surface area contributed by atoms with Crippen LogP contribution in [0.4, 0.5) is 0 Å². The van der Waals surface area contributed by atoms with E-state index in [9.17, 15) is 9.59 Å². The summed E-state index contributed by atoms with van der Waals surface area (Å²) in [5, 5.41) is 17.3. The normalized spacial score (nSPS) is 12.5. The third-order valence-electron chi connectivity index (χ3n) is 2.63. The average Bonchev–Trinajstić information content (AvgIpc) is 2.38. The summed E-state index contributed by atoms with van der Waals surface area (Å²) in [6.07, 6.45) is 8.52. The molecule has 0 aliphatic rings. The van der Waals surface area contributed by atoms with Crippen LogP contribution in [0.3, 0.4) is 0 Å². The number of aliphatic hydroxyl groups is 1. The average molecular weight is 272 g/mol. The van der Waals surface area contributed by atoms with Crippen LogP contribution in [0, 0.1) is 5.92 Å². The van der Waals surface area contributed by atoms with Gasteiger partial charge >= 0.3 is 11.9 Å². The number of carboxylic acids is 1. The van der Waals surface area contributed by atoms with Crippen LogP contribution in [0.2, 0.25) is 0 Å². The third-order valence-corrected chi connectivity index (χ3v) is 2.63. The van der Waals surface area contributed by atoms with Gasteiger partial charge < -0.3 is 14.9 Å². The Labute approximate surface area is 114 Å². The molecule has 1 unspecified atom stereocenters. The zero-order chi connectivity index (χ0) is 14.5. The fourth-order valence-electron chi connectivity index (χ4n) is 1.62. The van der Waals surface area contributed by atoms with Crippen LogP contribution in [0.15, 0.2) is 12.2 Å². The van der Waals surface area contributed by atoms with Crippen molar-refractivity contribution < 1.29 is 24.5 Å². The first-order valence-electron chi connectivity index (χ1n) is 6.77. The summed E-state index contributed by atoms with van der Waals surface area (Å²) in [4.78, 5) is 22.2. The van der Waals surface area contributed by atoms with E-state index < -0.39 is 17.9 Å². The van der Waals surface area contributed by atoms with Crippen molar-refractivity contribution in [3.63, 3.8) is 0 Å². The molecule has 0 heterocycles. The van der Waals surface area contributed by atoms with E-state index in [2.05, 4.69) is 6.92 Å². The van der Waals surface area contributed by atoms with Gasteiger partial charge in [0.25, 0.3) is 0 Å². The van der Waals surface area contributed by atoms with Gasteiger partial charge in [-0.1, -0.05) is 38.3 Å². The van der Waals surface area contributed by atoms with Gasteiger partial charge in [0.15, 0.2) is 0 Å². The highest BCUT2D eigenvalue weighted by atomic mass is 16.5. The number of carbonyl (C=O) groups excluding carboxylic acids is 1. The molecule has 0 aromatic rings. The van der Waals surface area contributed by atoms with E-state index in [1.54, 1.807) is 6.08 Å². The van der Waals surface area contributed by atoms with Gasteiger partial charge in [-0.05, 0) is 12.8 Å². The molecule has 5 heteroatoms. The summed E-state index contributed by atoms with van der Waals surface area (Å²) in [5.41, 5.74) is 0. The first-order chi connectivity index (χ1) is 9.11. The van der Waals surface area contributed by atoms with E-state index in [4.69, 9.17) is 14.9 Å². The minimum atomic E-state index is -1.04. The number of carbonyl (C=O) groups is 2. The number of aliphatic carboxylic acids is 1. The van der Waals surface area contributed by atoms with E-state index in [1.807, 2.05) is 6.08 Å². The van der Waals surface area contributed by atoms with E-state index in [1.165, 1.54) is 12.8 Å². The molecule has 0 aliphatic carbocycles. The highest BCUT2D eigenvalue weighted by Gasteiger charge is 2.20. The number of carboxylic acid groups (broad SMARTS) is 1. The molecule has 19 heavy (non-hydrogen) atoms. The number of hydrogen-bond acceptors (Lipinski definition) is 4. The summed E-state index contributed by atoms with van der Waals surface area (Å²) in [7, 11) is 0. The van der Waals surface area contributed by atoms with Crippen LogP contribution < -0.4 is 0 Å². The maximum Gasteiger partial charge on any atom is 0.313 e. The van der Waals surface area contributed by atoms with Gasteiger partial charge in [-0.15, -0.1) is 0 Å². The maximum atomic E-state index is 11.6. The van der Waals surface area contributed by atoms with Crippen molar-refractivity contribution in [3.05, 3.63) is 12.2 Å². The predicted octanol–water partition coefficient (Wildman–Crippen LogP) is 2.14. The zero-order valence-corrected chi connectivity index (χ0v) is 11.5. The van der Waals surface area contributed by atoms with Crippen molar-refractivity contribution in [1.29, 1.82) is 0 Å². The molecular weight excluding hydrogens is 248 g/mol. The first-order valence-corrected chi connectivity index (χ1v) is 6.77. The lowest BCUT2D eigenvalue weighted by atomic mass is 10.0.